The lowest BCUT2D eigenvalue weighted by Crippen LogP contribution is -2.58. The number of carbonyl (C=O) groups excluding carboxylic acids is 3. The Bertz CT molecular complexity index is 911. The number of nitrogens with one attached hydrogen (secondary N) is 3. The second kappa shape index (κ2) is 14.2. The van der Waals surface area contributed by atoms with Crippen molar-refractivity contribution in [3.63, 3.8) is 0 Å². The highest BCUT2D eigenvalue weighted by Gasteiger charge is 2.31. The van der Waals surface area contributed by atoms with Crippen LogP contribution in [0.4, 0.5) is 0 Å². The molecule has 194 valence electrons. The second-order valence-corrected chi connectivity index (χ2v) is 8.45. The van der Waals surface area contributed by atoms with Gasteiger partial charge in [0, 0.05) is 12.2 Å². The molecule has 0 heterocycles. The average molecular weight is 513 g/mol. The fourth-order valence-corrected chi connectivity index (χ4v) is 3.23. The van der Waals surface area contributed by atoms with Crippen LogP contribution in [0.15, 0.2) is 24.3 Å². The number of phenols is 1. The molecule has 8 N–H and O–H groups in total. The van der Waals surface area contributed by atoms with Crippen molar-refractivity contribution < 1.29 is 39.3 Å². The number of amides is 3. The number of carboxylic acids is 2. The van der Waals surface area contributed by atoms with E-state index in [0.717, 1.165) is 0 Å². The van der Waals surface area contributed by atoms with E-state index in [4.69, 9.17) is 15.9 Å². The highest BCUT2D eigenvalue weighted by molar-refractivity contribution is 7.80. The summed E-state index contributed by atoms with van der Waals surface area (Å²) in [5, 5.41) is 34.5. The maximum atomic E-state index is 13.0. The van der Waals surface area contributed by atoms with Gasteiger partial charge in [-0.15, -0.1) is 0 Å². The molecule has 0 spiro atoms. The summed E-state index contributed by atoms with van der Waals surface area (Å²) in [5.41, 5.74) is 6.57. The van der Waals surface area contributed by atoms with Gasteiger partial charge in [-0.3, -0.25) is 19.2 Å². The summed E-state index contributed by atoms with van der Waals surface area (Å²) >= 11 is 4.02. The zero-order chi connectivity index (χ0) is 26.7. The van der Waals surface area contributed by atoms with Crippen LogP contribution < -0.4 is 21.7 Å². The molecule has 5 unspecified atom stereocenters. The van der Waals surface area contributed by atoms with Gasteiger partial charge in [-0.1, -0.05) is 32.4 Å². The Morgan fingerprint density at radius 2 is 1.43 bits per heavy atom. The number of aliphatic carboxylic acids is 2. The van der Waals surface area contributed by atoms with Crippen LogP contribution in [-0.2, 0) is 30.4 Å². The van der Waals surface area contributed by atoms with Gasteiger partial charge in [-0.05, 0) is 23.6 Å². The normalized spacial score (nSPS) is 15.1. The van der Waals surface area contributed by atoms with Crippen molar-refractivity contribution >= 4 is 42.3 Å². The maximum Gasteiger partial charge on any atom is 0.326 e. The highest BCUT2D eigenvalue weighted by Crippen LogP contribution is 2.12. The van der Waals surface area contributed by atoms with Crippen molar-refractivity contribution in [1.82, 2.24) is 16.0 Å². The molecule has 35 heavy (non-hydrogen) atoms. The largest absolute Gasteiger partial charge is 0.508 e. The molecular formula is C22H32N4O8S. The third-order valence-corrected chi connectivity index (χ3v) is 5.74. The zero-order valence-corrected chi connectivity index (χ0v) is 20.3. The molecule has 0 aromatic heterocycles. The summed E-state index contributed by atoms with van der Waals surface area (Å²) in [5.74, 6) is -5.65. The Kier molecular flexibility index (Phi) is 12.0. The van der Waals surface area contributed by atoms with Crippen LogP contribution in [0.2, 0.25) is 0 Å². The zero-order valence-electron chi connectivity index (χ0n) is 19.4. The Labute approximate surface area is 208 Å². The molecule has 0 bridgehead atoms. The number of nitrogens with two attached hydrogens (primary N) is 1. The highest BCUT2D eigenvalue weighted by atomic mass is 32.1. The van der Waals surface area contributed by atoms with Crippen LogP contribution in [0.25, 0.3) is 0 Å². The van der Waals surface area contributed by atoms with Crippen molar-refractivity contribution in [2.24, 2.45) is 11.7 Å². The molecule has 3 amide bonds. The summed E-state index contributed by atoms with van der Waals surface area (Å²) in [7, 11) is 0. The summed E-state index contributed by atoms with van der Waals surface area (Å²) in [6.07, 6.45) is -0.226. The van der Waals surface area contributed by atoms with E-state index in [9.17, 15) is 29.1 Å². The van der Waals surface area contributed by atoms with E-state index in [2.05, 4.69) is 28.6 Å². The van der Waals surface area contributed by atoms with Crippen molar-refractivity contribution in [3.05, 3.63) is 29.8 Å². The third kappa shape index (κ3) is 9.83. The summed E-state index contributed by atoms with van der Waals surface area (Å²) in [4.78, 5) is 60.3. The number of thiol groups is 1. The Balaban J connectivity index is 3.05. The number of rotatable bonds is 14. The molecule has 1 aromatic carbocycles. The van der Waals surface area contributed by atoms with E-state index in [1.165, 1.54) is 12.1 Å². The maximum absolute atomic E-state index is 13.0. The SMILES string of the molecule is CCC(C)C(N)C(=O)NC(Cc1ccc(O)cc1)C(=O)NC(CS)C(=O)NC(CC(=O)O)C(=O)O. The molecule has 0 fully saturated rings. The van der Waals surface area contributed by atoms with Gasteiger partial charge in [0.15, 0.2) is 0 Å². The molecule has 1 rings (SSSR count). The minimum atomic E-state index is -1.71. The number of carbonyl (C=O) groups is 5. The van der Waals surface area contributed by atoms with Crippen LogP contribution in [0.3, 0.4) is 0 Å². The van der Waals surface area contributed by atoms with Gasteiger partial charge < -0.3 is 37.0 Å². The van der Waals surface area contributed by atoms with Crippen molar-refractivity contribution in [2.45, 2.75) is 57.3 Å². The van der Waals surface area contributed by atoms with Crippen LogP contribution in [0.1, 0.15) is 32.3 Å². The Hall–Kier alpha value is -3.32. The van der Waals surface area contributed by atoms with Gasteiger partial charge in [-0.2, -0.15) is 12.6 Å². The first-order valence-electron chi connectivity index (χ1n) is 10.9. The predicted molar refractivity (Wildman–Crippen MR) is 129 cm³/mol. The molecule has 0 saturated carbocycles. The fraction of sp³-hybridized carbons (Fsp3) is 0.500. The van der Waals surface area contributed by atoms with Gasteiger partial charge in [0.05, 0.1) is 12.5 Å². The summed E-state index contributed by atoms with van der Waals surface area (Å²) < 4.78 is 0. The molecular weight excluding hydrogens is 480 g/mol. The molecule has 0 aliphatic heterocycles. The van der Waals surface area contributed by atoms with Gasteiger partial charge in [0.2, 0.25) is 17.7 Å². The number of benzene rings is 1. The van der Waals surface area contributed by atoms with E-state index in [0.29, 0.717) is 12.0 Å². The second-order valence-electron chi connectivity index (χ2n) is 8.08. The number of aromatic hydroxyl groups is 1. The van der Waals surface area contributed by atoms with E-state index in [1.54, 1.807) is 19.1 Å². The summed E-state index contributed by atoms with van der Waals surface area (Å²) in [6.45, 7) is 3.65. The monoisotopic (exact) mass is 512 g/mol. The Morgan fingerprint density at radius 3 is 1.91 bits per heavy atom. The minimum Gasteiger partial charge on any atom is -0.508 e. The van der Waals surface area contributed by atoms with Crippen LogP contribution in [0, 0.1) is 5.92 Å². The first-order chi connectivity index (χ1) is 16.4. The fourth-order valence-electron chi connectivity index (χ4n) is 2.97. The molecule has 5 atom stereocenters. The lowest BCUT2D eigenvalue weighted by molar-refractivity contribution is -0.147. The van der Waals surface area contributed by atoms with Gasteiger partial charge >= 0.3 is 11.9 Å². The number of phenolic OH excluding ortho intramolecular Hbond substituents is 1. The first-order valence-corrected chi connectivity index (χ1v) is 11.5. The van der Waals surface area contributed by atoms with Crippen molar-refractivity contribution in [3.8, 4) is 5.75 Å². The van der Waals surface area contributed by atoms with E-state index in [1.807, 2.05) is 6.92 Å². The molecule has 1 aromatic rings. The lowest BCUT2D eigenvalue weighted by atomic mass is 9.98. The minimum absolute atomic E-state index is 0.00273. The third-order valence-electron chi connectivity index (χ3n) is 5.38. The van der Waals surface area contributed by atoms with Gasteiger partial charge in [0.1, 0.15) is 23.9 Å². The smallest absolute Gasteiger partial charge is 0.326 e. The summed E-state index contributed by atoms with van der Waals surface area (Å²) in [6, 6.07) is 0.873. The number of carboxylic acid groups (broad SMARTS) is 2. The molecule has 13 heteroatoms. The standard InChI is InChI=1S/C22H32N4O8S/c1-3-11(2)18(23)21(32)24-14(8-12-4-6-13(27)7-5-12)19(30)26-16(10-35)20(31)25-15(22(33)34)9-17(28)29/h4-7,11,14-16,18,27,35H,3,8-10,23H2,1-2H3,(H,24,32)(H,25,31)(H,26,30)(H,28,29)(H,33,34). The predicted octanol–water partition coefficient (Wildman–Crippen LogP) is -0.748. The average Bonchev–Trinajstić information content (AvgIpc) is 2.81. The van der Waals surface area contributed by atoms with E-state index in [-0.39, 0.29) is 23.8 Å². The van der Waals surface area contributed by atoms with Crippen LogP contribution >= 0.6 is 12.6 Å². The quantitative estimate of drug-likeness (QED) is 0.147. The number of hydrogen-bond donors (Lipinski definition) is 8. The van der Waals surface area contributed by atoms with E-state index >= 15 is 0 Å². The van der Waals surface area contributed by atoms with Crippen molar-refractivity contribution in [2.75, 3.05) is 5.75 Å². The molecule has 0 saturated heterocycles. The first kappa shape index (κ1) is 29.7. The van der Waals surface area contributed by atoms with E-state index < -0.39 is 60.2 Å². The van der Waals surface area contributed by atoms with Crippen LogP contribution in [0.5, 0.6) is 5.75 Å². The van der Waals surface area contributed by atoms with Gasteiger partial charge in [-0.25, -0.2) is 4.79 Å². The Morgan fingerprint density at radius 1 is 0.914 bits per heavy atom. The number of hydrogen-bond acceptors (Lipinski definition) is 8. The molecule has 0 aliphatic rings. The van der Waals surface area contributed by atoms with Crippen LogP contribution in [-0.4, -0.2) is 74.9 Å². The van der Waals surface area contributed by atoms with Crippen molar-refractivity contribution in [1.29, 1.82) is 0 Å². The molecule has 0 aliphatic carbocycles. The lowest BCUT2D eigenvalue weighted by Gasteiger charge is -2.25. The van der Waals surface area contributed by atoms with Gasteiger partial charge in [0.25, 0.3) is 0 Å². The molecule has 0 radical (unpaired) electrons. The topological polar surface area (TPSA) is 208 Å². The molecule has 12 nitrogen and oxygen atoms in total.